The van der Waals surface area contributed by atoms with E-state index in [9.17, 15) is 9.90 Å². The van der Waals surface area contributed by atoms with Crippen LogP contribution in [0.3, 0.4) is 0 Å². The van der Waals surface area contributed by atoms with Gasteiger partial charge in [0.1, 0.15) is 0 Å². The van der Waals surface area contributed by atoms with Gasteiger partial charge in [-0.2, -0.15) is 0 Å². The van der Waals surface area contributed by atoms with Crippen LogP contribution in [0.25, 0.3) is 11.1 Å². The Morgan fingerprint density at radius 1 is 1.10 bits per heavy atom. The molecule has 0 spiro atoms. The van der Waals surface area contributed by atoms with Crippen molar-refractivity contribution < 1.29 is 24.2 Å². The van der Waals surface area contributed by atoms with Crippen LogP contribution in [0.1, 0.15) is 31.6 Å². The van der Waals surface area contributed by atoms with Crippen LogP contribution in [0.5, 0.6) is 0 Å². The van der Waals surface area contributed by atoms with Crippen LogP contribution in [0.4, 0.5) is 5.69 Å². The van der Waals surface area contributed by atoms with Crippen molar-refractivity contribution in [3.05, 3.63) is 88.9 Å². The van der Waals surface area contributed by atoms with Crippen molar-refractivity contribution in [3.63, 3.8) is 0 Å². The Kier molecular flexibility index (Phi) is 5.10. The van der Waals surface area contributed by atoms with Gasteiger partial charge in [0.05, 0.1) is 22.9 Å². The molecule has 1 atom stereocenters. The second-order valence-corrected chi connectivity index (χ2v) is 6.57. The molecule has 0 aromatic heterocycles. The normalized spacial score (nSPS) is 17.6. The Balaban J connectivity index is 1.85. The summed E-state index contributed by atoms with van der Waals surface area (Å²) in [6, 6.07) is 18.2. The zero-order valence-electron chi connectivity index (χ0n) is 23.1. The molecule has 3 aromatic carbocycles. The third-order valence-corrected chi connectivity index (χ3v) is 4.33. The lowest BCUT2D eigenvalue weighted by Gasteiger charge is -2.13. The van der Waals surface area contributed by atoms with Gasteiger partial charge < -0.3 is 20.5 Å². The maximum Gasteiger partial charge on any atom is 0.337 e. The number of hydrogen-bond acceptors (Lipinski definition) is 5. The minimum Gasteiger partial charge on any atom is -0.465 e. The number of esters is 1. The summed E-state index contributed by atoms with van der Waals surface area (Å²) in [7, 11) is 1.27. The molecule has 6 heteroatoms. The van der Waals surface area contributed by atoms with E-state index in [4.69, 9.17) is 25.9 Å². The molecule has 0 amide bonds. The lowest BCUT2D eigenvalue weighted by Crippen LogP contribution is -2.26. The van der Waals surface area contributed by atoms with E-state index in [0.717, 1.165) is 6.07 Å². The van der Waals surface area contributed by atoms with Gasteiger partial charge in [0.2, 0.25) is 0 Å². The van der Waals surface area contributed by atoms with Gasteiger partial charge in [-0.05, 0) is 53.1 Å². The molecule has 0 radical (unpaired) electrons. The third kappa shape index (κ3) is 6.07. The summed E-state index contributed by atoms with van der Waals surface area (Å²) in [4.78, 5) is 11.9. The highest BCUT2D eigenvalue weighted by molar-refractivity contribution is 6.30. The Morgan fingerprint density at radius 3 is 2.60 bits per heavy atom. The van der Waals surface area contributed by atoms with Gasteiger partial charge in [-0.1, -0.05) is 48.0 Å². The summed E-state index contributed by atoms with van der Waals surface area (Å²) in [6.07, 6.45) is -3.01. The number of rotatable bonds is 9. The van der Waals surface area contributed by atoms with Crippen LogP contribution >= 0.6 is 11.6 Å². The van der Waals surface area contributed by atoms with Crippen molar-refractivity contribution in [2.45, 2.75) is 6.08 Å². The first-order valence-corrected chi connectivity index (χ1v) is 9.32. The van der Waals surface area contributed by atoms with Crippen molar-refractivity contribution in [2.24, 2.45) is 0 Å². The molecule has 0 heterocycles. The van der Waals surface area contributed by atoms with Crippen LogP contribution in [0.15, 0.2) is 72.8 Å². The van der Waals surface area contributed by atoms with Gasteiger partial charge in [-0.3, -0.25) is 0 Å². The quantitative estimate of drug-likeness (QED) is 0.434. The topological polar surface area (TPSA) is 70.6 Å². The first kappa shape index (κ1) is 14.2. The molecule has 0 bridgehead atoms. The Labute approximate surface area is 191 Å². The lowest BCUT2D eigenvalue weighted by atomic mass is 10.0. The number of ether oxygens (including phenoxy) is 1. The number of halogens is 1. The number of methoxy groups -OCH3 is 1. The van der Waals surface area contributed by atoms with Crippen LogP contribution in [0, 0.1) is 0 Å². The number of carbonyl (C=O) groups excluding carboxylic acids is 1. The number of carbonyl (C=O) groups is 1. The molecule has 0 aliphatic rings. The van der Waals surface area contributed by atoms with E-state index in [-0.39, 0.29) is 16.3 Å². The molecule has 0 fully saturated rings. The SMILES string of the molecule is [2H]C([2H])(Nc1cccc(-c2cccc(C(=O)OC)c2)c1)C([2H])([2H])NC([2H])([2H])[C@]([2H])(O)c1cccc(Cl)c1. The van der Waals surface area contributed by atoms with Gasteiger partial charge in [0, 0.05) is 35.7 Å². The fourth-order valence-corrected chi connectivity index (χ4v) is 2.84. The molecule has 0 aliphatic heterocycles. The van der Waals surface area contributed by atoms with Gasteiger partial charge in [0.15, 0.2) is 0 Å². The monoisotopic (exact) mass is 431 g/mol. The molecular formula is C24H25ClN2O3. The van der Waals surface area contributed by atoms with Gasteiger partial charge in [-0.25, -0.2) is 4.79 Å². The molecule has 30 heavy (non-hydrogen) atoms. The standard InChI is InChI=1S/C24H25ClN2O3/c1-30-24(29)20-8-2-5-17(13-20)18-6-4-10-22(15-18)27-12-11-26-16-23(28)19-7-3-9-21(25)14-19/h2-10,13-15,23,26-28H,11-12,16H2,1H3/t23-/m0/s1/i11D2,12D2,16D2,23D. The molecule has 0 aliphatic carbocycles. The summed E-state index contributed by atoms with van der Waals surface area (Å²) < 4.78 is 62.3. The van der Waals surface area contributed by atoms with Crippen LogP contribution < -0.4 is 10.6 Å². The highest BCUT2D eigenvalue weighted by Crippen LogP contribution is 2.24. The fraction of sp³-hybridized carbons (Fsp3) is 0.208. The summed E-state index contributed by atoms with van der Waals surface area (Å²) in [6.45, 7) is -9.19. The fourth-order valence-electron chi connectivity index (χ4n) is 2.65. The van der Waals surface area contributed by atoms with Gasteiger partial charge >= 0.3 is 5.97 Å². The second kappa shape index (κ2) is 10.8. The number of hydrogen-bond donors (Lipinski definition) is 3. The molecule has 3 rings (SSSR count). The van der Waals surface area contributed by atoms with Crippen molar-refractivity contribution >= 4 is 23.3 Å². The predicted octanol–water partition coefficient (Wildman–Crippen LogP) is 4.53. The molecule has 0 unspecified atom stereocenters. The summed E-state index contributed by atoms with van der Waals surface area (Å²) in [5.41, 5.74) is 1.46. The maximum atomic E-state index is 11.9. The third-order valence-electron chi connectivity index (χ3n) is 4.09. The van der Waals surface area contributed by atoms with Crippen LogP contribution in [-0.4, -0.2) is 37.7 Å². The number of benzene rings is 3. The van der Waals surface area contributed by atoms with Gasteiger partial charge in [-0.15, -0.1) is 0 Å². The largest absolute Gasteiger partial charge is 0.465 e. The average molecular weight is 432 g/mol. The average Bonchev–Trinajstić information content (AvgIpc) is 2.82. The molecule has 3 aromatic rings. The van der Waals surface area contributed by atoms with E-state index in [1.165, 1.54) is 37.4 Å². The van der Waals surface area contributed by atoms with E-state index in [0.29, 0.717) is 16.7 Å². The van der Waals surface area contributed by atoms with Crippen molar-refractivity contribution in [3.8, 4) is 11.1 Å². The maximum absolute atomic E-state index is 11.9. The highest BCUT2D eigenvalue weighted by Gasteiger charge is 2.08. The number of nitrogens with one attached hydrogen (secondary N) is 2. The van der Waals surface area contributed by atoms with Crippen molar-refractivity contribution in [1.82, 2.24) is 5.32 Å². The number of aliphatic hydroxyl groups is 1. The van der Waals surface area contributed by atoms with Crippen LogP contribution in [0.2, 0.25) is 5.02 Å². The zero-order chi connectivity index (χ0) is 27.6. The Morgan fingerprint density at radius 2 is 1.83 bits per heavy atom. The minimum atomic E-state index is -3.15. The summed E-state index contributed by atoms with van der Waals surface area (Å²) in [5.74, 6) is -0.520. The molecule has 0 saturated heterocycles. The van der Waals surface area contributed by atoms with E-state index < -0.39 is 31.5 Å². The van der Waals surface area contributed by atoms with E-state index >= 15 is 0 Å². The van der Waals surface area contributed by atoms with Crippen LogP contribution in [-0.2, 0) is 4.74 Å². The first-order chi connectivity index (χ1) is 17.1. The highest BCUT2D eigenvalue weighted by atomic mass is 35.5. The second-order valence-electron chi connectivity index (χ2n) is 6.14. The Bertz CT molecular complexity index is 1290. The zero-order valence-corrected chi connectivity index (χ0v) is 16.8. The predicted molar refractivity (Wildman–Crippen MR) is 121 cm³/mol. The summed E-state index contributed by atoms with van der Waals surface area (Å²) >= 11 is 5.88. The van der Waals surface area contributed by atoms with E-state index in [1.807, 2.05) is 5.32 Å². The summed E-state index contributed by atoms with van der Waals surface area (Å²) in [5, 5.41) is 15.0. The molecule has 5 nitrogen and oxygen atoms in total. The Hall–Kier alpha value is -2.86. The molecule has 0 saturated carbocycles. The molecule has 156 valence electrons. The van der Waals surface area contributed by atoms with E-state index in [2.05, 4.69) is 5.32 Å². The molecular weight excluding hydrogens is 400 g/mol. The minimum absolute atomic E-state index is 0.135. The molecule has 3 N–H and O–H groups in total. The van der Waals surface area contributed by atoms with Gasteiger partial charge in [0.25, 0.3) is 0 Å². The lowest BCUT2D eigenvalue weighted by molar-refractivity contribution is 0.0601. The van der Waals surface area contributed by atoms with Crippen molar-refractivity contribution in [2.75, 3.05) is 31.9 Å². The van der Waals surface area contributed by atoms with Crippen molar-refractivity contribution in [1.29, 1.82) is 0 Å². The van der Waals surface area contributed by atoms with E-state index in [1.54, 1.807) is 36.4 Å². The number of anilines is 1. The first-order valence-electron chi connectivity index (χ1n) is 12.4. The smallest absolute Gasteiger partial charge is 0.337 e.